The molecule has 1 aliphatic heterocycles. The Kier molecular flexibility index (Phi) is 5.48. The highest BCUT2D eigenvalue weighted by molar-refractivity contribution is 7.13. The molecule has 3 heterocycles. The Morgan fingerprint density at radius 2 is 2.11 bits per heavy atom. The second-order valence-electron chi connectivity index (χ2n) is 7.11. The molecular formula is C20H21ClN4O2S. The van der Waals surface area contributed by atoms with Crippen molar-refractivity contribution in [3.63, 3.8) is 0 Å². The van der Waals surface area contributed by atoms with Gasteiger partial charge < -0.3 is 10.3 Å². The number of carbonyl (C=O) groups excluding carboxylic acids is 1. The first kappa shape index (κ1) is 19.1. The fourth-order valence-corrected chi connectivity index (χ4v) is 4.44. The van der Waals surface area contributed by atoms with Crippen LogP contribution >= 0.6 is 22.9 Å². The Balaban J connectivity index is 1.35. The molecule has 0 radical (unpaired) electrons. The zero-order chi connectivity index (χ0) is 19.7. The highest BCUT2D eigenvalue weighted by Crippen LogP contribution is 2.18. The molecule has 0 atom stereocenters. The second kappa shape index (κ2) is 8.03. The third-order valence-electron chi connectivity index (χ3n) is 4.98. The van der Waals surface area contributed by atoms with Crippen molar-refractivity contribution >= 4 is 39.7 Å². The number of hydrogen-bond acceptors (Lipinski definition) is 5. The van der Waals surface area contributed by atoms with Crippen LogP contribution in [-0.4, -0.2) is 39.9 Å². The number of amides is 1. The van der Waals surface area contributed by atoms with Gasteiger partial charge in [0.25, 0.3) is 11.5 Å². The maximum Gasteiger partial charge on any atom is 0.261 e. The largest absolute Gasteiger partial charge is 0.349 e. The van der Waals surface area contributed by atoms with Gasteiger partial charge >= 0.3 is 0 Å². The van der Waals surface area contributed by atoms with E-state index in [-0.39, 0.29) is 17.5 Å². The number of hydrogen-bond donors (Lipinski definition) is 2. The third kappa shape index (κ3) is 4.27. The van der Waals surface area contributed by atoms with E-state index >= 15 is 0 Å². The average molecular weight is 417 g/mol. The van der Waals surface area contributed by atoms with Gasteiger partial charge in [-0.2, -0.15) is 0 Å². The highest BCUT2D eigenvalue weighted by atomic mass is 35.5. The summed E-state index contributed by atoms with van der Waals surface area (Å²) in [4.78, 5) is 36.2. The number of fused-ring (bicyclic) bond motifs is 1. The summed E-state index contributed by atoms with van der Waals surface area (Å²) >= 11 is 7.47. The summed E-state index contributed by atoms with van der Waals surface area (Å²) in [6.07, 6.45) is 1.76. The van der Waals surface area contributed by atoms with Crippen LogP contribution in [-0.2, 0) is 6.54 Å². The van der Waals surface area contributed by atoms with Crippen LogP contribution in [0.15, 0.2) is 35.1 Å². The smallest absolute Gasteiger partial charge is 0.261 e. The van der Waals surface area contributed by atoms with Crippen LogP contribution in [0, 0.1) is 6.92 Å². The minimum absolute atomic E-state index is 0.00994. The first-order valence-electron chi connectivity index (χ1n) is 9.26. The Morgan fingerprint density at radius 3 is 2.82 bits per heavy atom. The van der Waals surface area contributed by atoms with Crippen molar-refractivity contribution in [2.45, 2.75) is 32.4 Å². The number of likely N-dealkylation sites (tertiary alicyclic amines) is 1. The van der Waals surface area contributed by atoms with Crippen LogP contribution in [0.5, 0.6) is 0 Å². The fourth-order valence-electron chi connectivity index (χ4n) is 3.49. The predicted octanol–water partition coefficient (Wildman–Crippen LogP) is 3.34. The van der Waals surface area contributed by atoms with E-state index in [0.29, 0.717) is 28.3 Å². The van der Waals surface area contributed by atoms with Crippen molar-refractivity contribution in [2.75, 3.05) is 13.1 Å². The number of aromatic nitrogens is 2. The van der Waals surface area contributed by atoms with E-state index in [0.717, 1.165) is 35.7 Å². The first-order chi connectivity index (χ1) is 13.5. The molecule has 4 rings (SSSR count). The maximum absolute atomic E-state index is 12.3. The van der Waals surface area contributed by atoms with Crippen LogP contribution in [0.2, 0.25) is 5.02 Å². The summed E-state index contributed by atoms with van der Waals surface area (Å²) in [7, 11) is 0. The number of piperidine rings is 1. The van der Waals surface area contributed by atoms with Crippen molar-refractivity contribution in [3.8, 4) is 0 Å². The van der Waals surface area contributed by atoms with Gasteiger partial charge in [0.15, 0.2) is 0 Å². The van der Waals surface area contributed by atoms with E-state index in [1.54, 1.807) is 18.2 Å². The van der Waals surface area contributed by atoms with Gasteiger partial charge in [-0.15, -0.1) is 11.3 Å². The molecule has 2 aromatic heterocycles. The third-order valence-corrected chi connectivity index (χ3v) is 6.21. The Morgan fingerprint density at radius 1 is 1.32 bits per heavy atom. The maximum atomic E-state index is 12.3. The number of carbonyl (C=O) groups is 1. The van der Waals surface area contributed by atoms with Gasteiger partial charge in [-0.1, -0.05) is 11.6 Å². The van der Waals surface area contributed by atoms with E-state index in [2.05, 4.69) is 20.2 Å². The molecule has 28 heavy (non-hydrogen) atoms. The molecule has 146 valence electrons. The van der Waals surface area contributed by atoms with Crippen molar-refractivity contribution in [1.29, 1.82) is 0 Å². The fraction of sp³-hybridized carbons (Fsp3) is 0.350. The van der Waals surface area contributed by atoms with Gasteiger partial charge in [-0.05, 0) is 50.1 Å². The number of nitrogens with zero attached hydrogens (tertiary/aromatic N) is 2. The van der Waals surface area contributed by atoms with E-state index in [4.69, 9.17) is 11.6 Å². The Labute approximate surface area is 171 Å². The molecule has 0 bridgehead atoms. The lowest BCUT2D eigenvalue weighted by molar-refractivity contribution is 0.0912. The van der Waals surface area contributed by atoms with Crippen LogP contribution < -0.4 is 10.9 Å². The quantitative estimate of drug-likeness (QED) is 0.683. The molecule has 1 amide bonds. The molecule has 6 nitrogen and oxygen atoms in total. The first-order valence-corrected chi connectivity index (χ1v) is 10.5. The minimum Gasteiger partial charge on any atom is -0.349 e. The van der Waals surface area contributed by atoms with E-state index < -0.39 is 0 Å². The lowest BCUT2D eigenvalue weighted by Gasteiger charge is -2.31. The average Bonchev–Trinajstić information content (AvgIpc) is 3.11. The number of benzene rings is 1. The number of thiophene rings is 1. The van der Waals surface area contributed by atoms with E-state index in [9.17, 15) is 9.59 Å². The number of nitrogens with one attached hydrogen (secondary N) is 2. The van der Waals surface area contributed by atoms with Crippen molar-refractivity contribution in [3.05, 3.63) is 61.3 Å². The second-order valence-corrected chi connectivity index (χ2v) is 8.83. The Hall–Kier alpha value is -2.22. The van der Waals surface area contributed by atoms with Gasteiger partial charge in [0.1, 0.15) is 5.82 Å². The van der Waals surface area contributed by atoms with Gasteiger partial charge in [-0.25, -0.2) is 4.98 Å². The predicted molar refractivity (Wildman–Crippen MR) is 112 cm³/mol. The molecular weight excluding hydrogens is 396 g/mol. The molecule has 1 saturated heterocycles. The van der Waals surface area contributed by atoms with Crippen LogP contribution in [0.3, 0.4) is 0 Å². The summed E-state index contributed by atoms with van der Waals surface area (Å²) in [6.45, 7) is 4.27. The number of H-pyrrole nitrogens is 1. The summed E-state index contributed by atoms with van der Waals surface area (Å²) < 4.78 is 0. The highest BCUT2D eigenvalue weighted by Gasteiger charge is 2.22. The van der Waals surface area contributed by atoms with Gasteiger partial charge in [-0.3, -0.25) is 14.5 Å². The molecule has 3 aromatic rings. The molecule has 1 fully saturated rings. The molecule has 8 heteroatoms. The molecule has 0 unspecified atom stereocenters. The monoisotopic (exact) mass is 416 g/mol. The zero-order valence-corrected chi connectivity index (χ0v) is 17.1. The van der Waals surface area contributed by atoms with E-state index in [1.807, 2.05) is 19.1 Å². The molecule has 0 saturated carbocycles. The molecule has 0 aliphatic carbocycles. The number of aromatic amines is 1. The molecule has 0 spiro atoms. The van der Waals surface area contributed by atoms with Crippen LogP contribution in [0.1, 0.15) is 33.2 Å². The van der Waals surface area contributed by atoms with Crippen LogP contribution in [0.4, 0.5) is 0 Å². The van der Waals surface area contributed by atoms with Crippen molar-refractivity contribution in [2.24, 2.45) is 0 Å². The summed E-state index contributed by atoms with van der Waals surface area (Å²) in [5, 5.41) is 4.15. The Bertz CT molecular complexity index is 1070. The lowest BCUT2D eigenvalue weighted by Crippen LogP contribution is -2.44. The van der Waals surface area contributed by atoms with Gasteiger partial charge in [0, 0.05) is 29.0 Å². The van der Waals surface area contributed by atoms with Gasteiger partial charge in [0.2, 0.25) is 0 Å². The standard InChI is InChI=1S/C20H21ClN4O2S/c1-12-2-5-17(28-12)20(27)22-14-6-8-25(9-7-14)11-18-23-16-4-3-13(21)10-15(16)19(26)24-18/h2-5,10,14H,6-9,11H2,1H3,(H,22,27)(H,23,24,26). The number of aryl methyl sites for hydroxylation is 1. The topological polar surface area (TPSA) is 78.1 Å². The summed E-state index contributed by atoms with van der Waals surface area (Å²) in [6, 6.07) is 9.16. The van der Waals surface area contributed by atoms with E-state index in [1.165, 1.54) is 11.3 Å². The van der Waals surface area contributed by atoms with Crippen molar-refractivity contribution in [1.82, 2.24) is 20.2 Å². The van der Waals surface area contributed by atoms with Gasteiger partial charge in [0.05, 0.1) is 22.3 Å². The number of rotatable bonds is 4. The summed E-state index contributed by atoms with van der Waals surface area (Å²) in [5.41, 5.74) is 0.479. The molecule has 1 aliphatic rings. The minimum atomic E-state index is -0.170. The zero-order valence-electron chi connectivity index (χ0n) is 15.5. The lowest BCUT2D eigenvalue weighted by atomic mass is 10.0. The molecule has 2 N–H and O–H groups in total. The SMILES string of the molecule is Cc1ccc(C(=O)NC2CCN(Cc3nc4ccc(Cl)cc4c(=O)[nH]3)CC2)s1. The van der Waals surface area contributed by atoms with Crippen LogP contribution in [0.25, 0.3) is 10.9 Å². The summed E-state index contributed by atoms with van der Waals surface area (Å²) in [5.74, 6) is 0.659. The van der Waals surface area contributed by atoms with Crippen molar-refractivity contribution < 1.29 is 4.79 Å². The molecule has 1 aromatic carbocycles. The normalized spacial score (nSPS) is 15.8. The number of halogens is 1.